The molecule has 1 amide bonds. The first-order valence-corrected chi connectivity index (χ1v) is 7.33. The molecule has 3 heterocycles. The van der Waals surface area contributed by atoms with Crippen LogP contribution in [0.15, 0.2) is 5.10 Å². The van der Waals surface area contributed by atoms with Gasteiger partial charge in [0, 0.05) is 11.2 Å². The highest BCUT2D eigenvalue weighted by atomic mass is 127. The number of thioether (sulfide) groups is 1. The van der Waals surface area contributed by atoms with Crippen LogP contribution >= 0.6 is 34.4 Å². The number of hydrazone groups is 1. The average Bonchev–Trinajstić information content (AvgIpc) is 2.77. The minimum Gasteiger partial charge on any atom is -0.314 e. The van der Waals surface area contributed by atoms with Crippen LogP contribution in [0.3, 0.4) is 0 Å². The Bertz CT molecular complexity index is 453. The molecule has 3 aliphatic rings. The van der Waals surface area contributed by atoms with Crippen molar-refractivity contribution in [1.29, 1.82) is 0 Å². The zero-order valence-electron chi connectivity index (χ0n) is 9.44. The summed E-state index contributed by atoms with van der Waals surface area (Å²) in [5.74, 6) is 0.00749. The number of hydrogen-bond acceptors (Lipinski definition) is 5. The lowest BCUT2D eigenvalue weighted by atomic mass is 9.84. The topological polar surface area (TPSA) is 61.8 Å². The van der Waals surface area contributed by atoms with Crippen LogP contribution in [0.2, 0.25) is 0 Å². The molecule has 0 aromatic carbocycles. The van der Waals surface area contributed by atoms with Gasteiger partial charge in [-0.25, -0.2) is 0 Å². The number of amides is 1. The third-order valence-corrected chi connectivity index (χ3v) is 5.97. The smallest absolute Gasteiger partial charge is 0.254 e. The third kappa shape index (κ3) is 1.29. The number of rotatable bonds is 1. The Balaban J connectivity index is 1.93. The highest BCUT2D eigenvalue weighted by Gasteiger charge is 2.71. The summed E-state index contributed by atoms with van der Waals surface area (Å²) in [6.07, 6.45) is 1.53. The molecule has 7 heteroatoms. The molecule has 0 radical (unpaired) electrons. The van der Waals surface area contributed by atoms with Crippen molar-refractivity contribution in [2.45, 2.75) is 42.0 Å². The van der Waals surface area contributed by atoms with Crippen LogP contribution in [0.1, 0.15) is 20.3 Å². The van der Waals surface area contributed by atoms with Crippen molar-refractivity contribution in [3.63, 3.8) is 0 Å². The number of fused-ring (bicyclic) bond motifs is 2. The lowest BCUT2D eigenvalue weighted by molar-refractivity contribution is -0.159. The number of halogens is 1. The molecule has 1 N–H and O–H groups in total. The Morgan fingerprint density at radius 1 is 1.65 bits per heavy atom. The quantitative estimate of drug-likeness (QED) is 0.423. The molecule has 3 rings (SSSR count). The van der Waals surface area contributed by atoms with Gasteiger partial charge in [-0.15, -0.1) is 11.8 Å². The first-order chi connectivity index (χ1) is 7.92. The fourth-order valence-electron chi connectivity index (χ4n) is 2.70. The molecule has 3 aliphatic heterocycles. The maximum atomic E-state index is 12.3. The second kappa shape index (κ2) is 3.37. The molecule has 5 nitrogen and oxygen atoms in total. The molecule has 0 saturated carbocycles. The molecular weight excluding hydrogens is 353 g/mol. The summed E-state index contributed by atoms with van der Waals surface area (Å²) >= 11 is 3.83. The first kappa shape index (κ1) is 11.8. The molecule has 0 aliphatic carbocycles. The Hall–Kier alpha value is -0.310. The largest absolute Gasteiger partial charge is 0.314 e. The standard InChI is InChI=1S/C10H12IN3O2S/c1-9(2)5(4-15)14-7(16)10(8(14)17-9)3-6(11)12-13-10/h4-5,8,13H,3H2,1-2H3/t5?,8-,10?/m1/s1. The summed E-state index contributed by atoms with van der Waals surface area (Å²) in [5, 5.41) is 4.15. The van der Waals surface area contributed by atoms with E-state index in [9.17, 15) is 9.59 Å². The van der Waals surface area contributed by atoms with E-state index in [1.54, 1.807) is 16.7 Å². The molecule has 2 unspecified atom stereocenters. The molecule has 3 atom stereocenters. The lowest BCUT2D eigenvalue weighted by Gasteiger charge is -2.50. The SMILES string of the molecule is CC1(C)S[C@H]2N(C(=O)C23CC(I)=NN3)C1C=O. The van der Waals surface area contributed by atoms with Crippen LogP contribution < -0.4 is 5.43 Å². The lowest BCUT2D eigenvalue weighted by Crippen LogP contribution is -2.76. The van der Waals surface area contributed by atoms with E-state index in [1.165, 1.54) is 0 Å². The Labute approximate surface area is 117 Å². The minimum absolute atomic E-state index is 0.00749. The molecule has 92 valence electrons. The van der Waals surface area contributed by atoms with Gasteiger partial charge in [0.2, 0.25) is 0 Å². The monoisotopic (exact) mass is 365 g/mol. The van der Waals surface area contributed by atoms with Gasteiger partial charge in [0.25, 0.3) is 5.91 Å². The van der Waals surface area contributed by atoms with Gasteiger partial charge in [-0.3, -0.25) is 10.2 Å². The van der Waals surface area contributed by atoms with Crippen molar-refractivity contribution >= 4 is 50.3 Å². The molecule has 1 spiro atoms. The van der Waals surface area contributed by atoms with Crippen LogP contribution in [-0.4, -0.2) is 42.5 Å². The fourth-order valence-corrected chi connectivity index (χ4v) is 5.09. The Morgan fingerprint density at radius 3 is 2.88 bits per heavy atom. The van der Waals surface area contributed by atoms with Gasteiger partial charge in [0.1, 0.15) is 21.4 Å². The van der Waals surface area contributed by atoms with Gasteiger partial charge in [-0.2, -0.15) is 5.10 Å². The number of β-lactam (4-membered cyclic amide) rings is 1. The van der Waals surface area contributed by atoms with Crippen LogP contribution in [0, 0.1) is 0 Å². The second-order valence-electron chi connectivity index (χ2n) is 5.11. The Kier molecular flexibility index (Phi) is 2.33. The highest BCUT2D eigenvalue weighted by molar-refractivity contribution is 14.1. The van der Waals surface area contributed by atoms with Gasteiger partial charge in [0.15, 0.2) is 5.54 Å². The van der Waals surface area contributed by atoms with Crippen molar-refractivity contribution in [2.75, 3.05) is 0 Å². The fraction of sp³-hybridized carbons (Fsp3) is 0.700. The molecule has 2 fully saturated rings. The van der Waals surface area contributed by atoms with Crippen molar-refractivity contribution in [1.82, 2.24) is 10.3 Å². The summed E-state index contributed by atoms with van der Waals surface area (Å²) in [5.41, 5.74) is 2.39. The molecule has 0 aromatic heterocycles. The average molecular weight is 365 g/mol. The number of nitrogens with one attached hydrogen (secondary N) is 1. The van der Waals surface area contributed by atoms with E-state index >= 15 is 0 Å². The van der Waals surface area contributed by atoms with E-state index < -0.39 is 5.54 Å². The van der Waals surface area contributed by atoms with Crippen molar-refractivity contribution < 1.29 is 9.59 Å². The van der Waals surface area contributed by atoms with E-state index in [4.69, 9.17) is 0 Å². The van der Waals surface area contributed by atoms with Gasteiger partial charge in [-0.05, 0) is 36.4 Å². The van der Waals surface area contributed by atoms with Gasteiger partial charge in [0.05, 0.1) is 0 Å². The summed E-state index contributed by atoms with van der Waals surface area (Å²) in [7, 11) is 0. The first-order valence-electron chi connectivity index (χ1n) is 5.37. The van der Waals surface area contributed by atoms with Crippen LogP contribution in [-0.2, 0) is 9.59 Å². The predicted molar refractivity (Wildman–Crippen MR) is 74.1 cm³/mol. The van der Waals surface area contributed by atoms with Gasteiger partial charge >= 0.3 is 0 Å². The van der Waals surface area contributed by atoms with E-state index in [1.807, 2.05) is 13.8 Å². The number of carbonyl (C=O) groups is 2. The maximum absolute atomic E-state index is 12.3. The molecule has 2 saturated heterocycles. The van der Waals surface area contributed by atoms with E-state index in [0.717, 1.165) is 10.0 Å². The van der Waals surface area contributed by atoms with Crippen molar-refractivity contribution in [2.24, 2.45) is 5.10 Å². The third-order valence-electron chi connectivity index (χ3n) is 3.65. The summed E-state index contributed by atoms with van der Waals surface area (Å²) in [6.45, 7) is 4.02. The molecule has 0 aromatic rings. The maximum Gasteiger partial charge on any atom is 0.254 e. The number of carbonyl (C=O) groups excluding carboxylic acids is 2. The molecule has 0 bridgehead atoms. The predicted octanol–water partition coefficient (Wildman–Crippen LogP) is 0.728. The summed E-state index contributed by atoms with van der Waals surface area (Å²) in [6, 6.07) is -0.323. The number of aldehydes is 1. The second-order valence-corrected chi connectivity index (χ2v) is 8.09. The summed E-state index contributed by atoms with van der Waals surface area (Å²) in [4.78, 5) is 25.2. The Morgan fingerprint density at radius 2 is 2.35 bits per heavy atom. The van der Waals surface area contributed by atoms with Crippen LogP contribution in [0.25, 0.3) is 0 Å². The normalized spacial score (nSPS) is 41.9. The minimum atomic E-state index is -0.587. The van der Waals surface area contributed by atoms with E-state index in [-0.39, 0.29) is 22.1 Å². The number of hydrogen-bond donors (Lipinski definition) is 1. The van der Waals surface area contributed by atoms with E-state index in [2.05, 4.69) is 33.1 Å². The highest BCUT2D eigenvalue weighted by Crippen LogP contribution is 2.56. The van der Waals surface area contributed by atoms with Gasteiger partial charge < -0.3 is 9.69 Å². The van der Waals surface area contributed by atoms with Gasteiger partial charge in [-0.1, -0.05) is 0 Å². The molecule has 17 heavy (non-hydrogen) atoms. The summed E-state index contributed by atoms with van der Waals surface area (Å²) < 4.78 is 0.699. The molecular formula is C10H12IN3O2S. The zero-order valence-corrected chi connectivity index (χ0v) is 12.4. The zero-order chi connectivity index (χ0) is 12.4. The van der Waals surface area contributed by atoms with Crippen LogP contribution in [0.5, 0.6) is 0 Å². The van der Waals surface area contributed by atoms with E-state index in [0.29, 0.717) is 6.42 Å². The van der Waals surface area contributed by atoms with Crippen molar-refractivity contribution in [3.8, 4) is 0 Å². The van der Waals surface area contributed by atoms with Crippen LogP contribution in [0.4, 0.5) is 0 Å². The number of nitrogens with zero attached hydrogens (tertiary/aromatic N) is 2. The van der Waals surface area contributed by atoms with Crippen molar-refractivity contribution in [3.05, 3.63) is 0 Å².